The maximum absolute atomic E-state index is 13.6. The van der Waals surface area contributed by atoms with Gasteiger partial charge in [0.15, 0.2) is 0 Å². The molecule has 2 N–H and O–H groups in total. The molecule has 0 bridgehead atoms. The Kier molecular flexibility index (Phi) is 5.00. The first-order chi connectivity index (χ1) is 10.1. The van der Waals surface area contributed by atoms with Crippen LogP contribution < -0.4 is 10.6 Å². The van der Waals surface area contributed by atoms with Crippen molar-refractivity contribution in [3.05, 3.63) is 65.2 Å². The van der Waals surface area contributed by atoms with E-state index < -0.39 is 17.5 Å². The van der Waals surface area contributed by atoms with Crippen molar-refractivity contribution in [3.8, 4) is 0 Å². The molecule has 0 radical (unpaired) electrons. The zero-order chi connectivity index (χ0) is 15.2. The van der Waals surface area contributed by atoms with Crippen molar-refractivity contribution in [1.29, 1.82) is 0 Å². The third-order valence-corrected chi connectivity index (χ3v) is 3.08. The molecular formula is C16H16F2N2O. The maximum Gasteiger partial charge on any atom is 0.256 e. The molecule has 0 aliphatic rings. The Morgan fingerprint density at radius 1 is 1.14 bits per heavy atom. The van der Waals surface area contributed by atoms with Gasteiger partial charge in [0, 0.05) is 11.6 Å². The van der Waals surface area contributed by atoms with Gasteiger partial charge in [-0.05, 0) is 43.8 Å². The van der Waals surface area contributed by atoms with Crippen LogP contribution in [0.5, 0.6) is 0 Å². The van der Waals surface area contributed by atoms with Gasteiger partial charge in [-0.3, -0.25) is 4.79 Å². The van der Waals surface area contributed by atoms with E-state index in [4.69, 9.17) is 0 Å². The van der Waals surface area contributed by atoms with Crippen LogP contribution in [-0.4, -0.2) is 19.5 Å². The van der Waals surface area contributed by atoms with Crippen molar-refractivity contribution in [2.24, 2.45) is 0 Å². The predicted octanol–water partition coefficient (Wildman–Crippen LogP) is 2.98. The number of halogens is 2. The molecule has 1 amide bonds. The molecule has 110 valence electrons. The van der Waals surface area contributed by atoms with Crippen LogP contribution in [0.1, 0.15) is 15.9 Å². The van der Waals surface area contributed by atoms with Gasteiger partial charge < -0.3 is 10.6 Å². The fraction of sp³-hybridized carbons (Fsp3) is 0.188. The second-order valence-electron chi connectivity index (χ2n) is 4.59. The number of hydrogen-bond acceptors (Lipinski definition) is 2. The van der Waals surface area contributed by atoms with Crippen LogP contribution >= 0.6 is 0 Å². The van der Waals surface area contributed by atoms with Crippen molar-refractivity contribution in [2.45, 2.75) is 6.42 Å². The molecule has 0 atom stereocenters. The quantitative estimate of drug-likeness (QED) is 0.889. The van der Waals surface area contributed by atoms with Gasteiger partial charge in [-0.25, -0.2) is 8.78 Å². The van der Waals surface area contributed by atoms with E-state index in [-0.39, 0.29) is 5.69 Å². The Morgan fingerprint density at radius 3 is 2.67 bits per heavy atom. The monoisotopic (exact) mass is 290 g/mol. The van der Waals surface area contributed by atoms with Crippen LogP contribution in [0, 0.1) is 11.6 Å². The number of anilines is 1. The fourth-order valence-electron chi connectivity index (χ4n) is 2.00. The molecule has 0 aliphatic heterocycles. The number of carbonyl (C=O) groups excluding carboxylic acids is 1. The van der Waals surface area contributed by atoms with E-state index in [2.05, 4.69) is 10.6 Å². The lowest BCUT2D eigenvalue weighted by Crippen LogP contribution is -2.17. The molecule has 2 aromatic rings. The van der Waals surface area contributed by atoms with Gasteiger partial charge in [0.25, 0.3) is 5.91 Å². The largest absolute Gasteiger partial charge is 0.319 e. The average molecular weight is 290 g/mol. The van der Waals surface area contributed by atoms with E-state index in [1.165, 1.54) is 0 Å². The summed E-state index contributed by atoms with van der Waals surface area (Å²) in [5.74, 6) is -1.72. The lowest BCUT2D eigenvalue weighted by Gasteiger charge is -2.10. The first-order valence-corrected chi connectivity index (χ1v) is 6.60. The second-order valence-corrected chi connectivity index (χ2v) is 4.59. The smallest absolute Gasteiger partial charge is 0.256 e. The Morgan fingerprint density at radius 2 is 1.90 bits per heavy atom. The van der Waals surface area contributed by atoms with E-state index >= 15 is 0 Å². The summed E-state index contributed by atoms with van der Waals surface area (Å²) in [6.45, 7) is 0.721. The van der Waals surface area contributed by atoms with E-state index in [0.29, 0.717) is 12.0 Å². The fourth-order valence-corrected chi connectivity index (χ4v) is 2.00. The Hall–Kier alpha value is -2.27. The molecule has 2 aromatic carbocycles. The molecule has 0 aliphatic carbocycles. The molecular weight excluding hydrogens is 274 g/mol. The van der Waals surface area contributed by atoms with Crippen molar-refractivity contribution in [1.82, 2.24) is 5.32 Å². The van der Waals surface area contributed by atoms with Gasteiger partial charge in [0.2, 0.25) is 0 Å². The number of amides is 1. The van der Waals surface area contributed by atoms with Gasteiger partial charge in [-0.2, -0.15) is 0 Å². The molecule has 5 heteroatoms. The number of nitrogens with one attached hydrogen (secondary N) is 2. The SMILES string of the molecule is CNCCc1ccccc1C(=O)Nc1cc(F)ccc1F. The number of rotatable bonds is 5. The van der Waals surface area contributed by atoms with E-state index in [9.17, 15) is 13.6 Å². The van der Waals surface area contributed by atoms with Crippen LogP contribution in [0.2, 0.25) is 0 Å². The van der Waals surface area contributed by atoms with Crippen molar-refractivity contribution in [3.63, 3.8) is 0 Å². The molecule has 0 heterocycles. The molecule has 0 saturated carbocycles. The normalized spacial score (nSPS) is 10.4. The topological polar surface area (TPSA) is 41.1 Å². The highest BCUT2D eigenvalue weighted by Crippen LogP contribution is 2.18. The highest BCUT2D eigenvalue weighted by molar-refractivity contribution is 6.05. The van der Waals surface area contributed by atoms with Gasteiger partial charge in [0.1, 0.15) is 11.6 Å². The number of likely N-dealkylation sites (N-methyl/N-ethyl adjacent to an activating group) is 1. The molecule has 0 saturated heterocycles. The summed E-state index contributed by atoms with van der Waals surface area (Å²) in [4.78, 5) is 12.2. The summed E-state index contributed by atoms with van der Waals surface area (Å²) < 4.78 is 26.7. The standard InChI is InChI=1S/C16H16F2N2O/c1-19-9-8-11-4-2-3-5-13(11)16(21)20-15-10-12(17)6-7-14(15)18/h2-7,10,19H,8-9H2,1H3,(H,20,21). The van der Waals surface area contributed by atoms with E-state index in [1.54, 1.807) is 12.1 Å². The molecule has 0 spiro atoms. The first-order valence-electron chi connectivity index (χ1n) is 6.60. The Bertz CT molecular complexity index is 644. The highest BCUT2D eigenvalue weighted by atomic mass is 19.1. The third kappa shape index (κ3) is 3.86. The summed E-state index contributed by atoms with van der Waals surface area (Å²) in [6.07, 6.45) is 0.672. The van der Waals surface area contributed by atoms with Crippen LogP contribution in [0.25, 0.3) is 0 Å². The van der Waals surface area contributed by atoms with Gasteiger partial charge in [-0.15, -0.1) is 0 Å². The van der Waals surface area contributed by atoms with Crippen LogP contribution in [0.15, 0.2) is 42.5 Å². The minimum absolute atomic E-state index is 0.164. The lowest BCUT2D eigenvalue weighted by atomic mass is 10.0. The second kappa shape index (κ2) is 6.95. The Labute approximate surface area is 122 Å². The van der Waals surface area contributed by atoms with E-state index in [0.717, 1.165) is 30.3 Å². The third-order valence-electron chi connectivity index (χ3n) is 3.08. The molecule has 0 aromatic heterocycles. The molecule has 3 nitrogen and oxygen atoms in total. The van der Waals surface area contributed by atoms with Crippen molar-refractivity contribution < 1.29 is 13.6 Å². The number of carbonyl (C=O) groups is 1. The van der Waals surface area contributed by atoms with Crippen LogP contribution in [0.3, 0.4) is 0 Å². The Balaban J connectivity index is 2.22. The molecule has 0 unspecified atom stereocenters. The minimum Gasteiger partial charge on any atom is -0.319 e. The zero-order valence-corrected chi connectivity index (χ0v) is 11.6. The summed E-state index contributed by atoms with van der Waals surface area (Å²) in [6, 6.07) is 10.0. The molecule has 0 fully saturated rings. The van der Waals surface area contributed by atoms with Crippen LogP contribution in [-0.2, 0) is 6.42 Å². The minimum atomic E-state index is -0.669. The summed E-state index contributed by atoms with van der Waals surface area (Å²) in [5.41, 5.74) is 1.14. The number of hydrogen-bond donors (Lipinski definition) is 2. The lowest BCUT2D eigenvalue weighted by molar-refractivity contribution is 0.102. The van der Waals surface area contributed by atoms with Gasteiger partial charge >= 0.3 is 0 Å². The van der Waals surface area contributed by atoms with Crippen molar-refractivity contribution >= 4 is 11.6 Å². The molecule has 21 heavy (non-hydrogen) atoms. The first kappa shape index (κ1) is 15.1. The average Bonchev–Trinajstić information content (AvgIpc) is 2.49. The zero-order valence-electron chi connectivity index (χ0n) is 11.6. The van der Waals surface area contributed by atoms with Gasteiger partial charge in [-0.1, -0.05) is 18.2 Å². The number of benzene rings is 2. The molecule has 2 rings (SSSR count). The predicted molar refractivity (Wildman–Crippen MR) is 78.4 cm³/mol. The van der Waals surface area contributed by atoms with E-state index in [1.807, 2.05) is 19.2 Å². The maximum atomic E-state index is 13.6. The highest BCUT2D eigenvalue weighted by Gasteiger charge is 2.13. The summed E-state index contributed by atoms with van der Waals surface area (Å²) in [5, 5.41) is 5.42. The van der Waals surface area contributed by atoms with Crippen molar-refractivity contribution in [2.75, 3.05) is 18.9 Å². The summed E-state index contributed by atoms with van der Waals surface area (Å²) in [7, 11) is 1.82. The van der Waals surface area contributed by atoms with Crippen LogP contribution in [0.4, 0.5) is 14.5 Å². The van der Waals surface area contributed by atoms with Gasteiger partial charge in [0.05, 0.1) is 5.69 Å². The summed E-state index contributed by atoms with van der Waals surface area (Å²) >= 11 is 0.